The summed E-state index contributed by atoms with van der Waals surface area (Å²) in [5.41, 5.74) is 0. The minimum atomic E-state index is -0.00866. The number of hydrogen-bond acceptors (Lipinski definition) is 5. The minimum Gasteiger partial charge on any atom is -0.468 e. The highest BCUT2D eigenvalue weighted by molar-refractivity contribution is 7.12. The van der Waals surface area contributed by atoms with E-state index < -0.39 is 0 Å². The number of amides is 2. The summed E-state index contributed by atoms with van der Waals surface area (Å²) >= 11 is 1.45. The molecule has 0 radical (unpaired) electrons. The third-order valence-electron chi connectivity index (χ3n) is 4.18. The molecule has 7 heteroatoms. The number of hydrogen-bond donors (Lipinski definition) is 1. The van der Waals surface area contributed by atoms with Crippen molar-refractivity contribution in [3.05, 3.63) is 46.5 Å². The lowest BCUT2D eigenvalue weighted by molar-refractivity contribution is -0.131. The molecule has 0 bridgehead atoms. The maximum atomic E-state index is 12.3. The van der Waals surface area contributed by atoms with Crippen LogP contribution in [0.5, 0.6) is 0 Å². The quantitative estimate of drug-likeness (QED) is 0.898. The minimum absolute atomic E-state index is 0.00866. The number of carbonyl (C=O) groups excluding carboxylic acids is 2. The number of thiophene rings is 1. The number of carbonyl (C=O) groups is 2. The molecule has 1 aliphatic rings. The first-order valence-corrected chi connectivity index (χ1v) is 8.90. The summed E-state index contributed by atoms with van der Waals surface area (Å²) in [6.07, 6.45) is 1.62. The predicted octanol–water partition coefficient (Wildman–Crippen LogP) is 1.98. The van der Waals surface area contributed by atoms with Gasteiger partial charge in [0.25, 0.3) is 5.91 Å². The molecule has 0 saturated carbocycles. The molecule has 0 spiro atoms. The summed E-state index contributed by atoms with van der Waals surface area (Å²) in [7, 11) is 0. The Bertz CT molecular complexity index is 661. The molecule has 128 valence electrons. The van der Waals surface area contributed by atoms with E-state index in [1.807, 2.05) is 41.5 Å². The molecule has 1 fully saturated rings. The lowest BCUT2D eigenvalue weighted by atomic mass is 10.2. The zero-order valence-electron chi connectivity index (χ0n) is 13.6. The van der Waals surface area contributed by atoms with Crippen molar-refractivity contribution < 1.29 is 14.0 Å². The van der Waals surface area contributed by atoms with Gasteiger partial charge in [-0.05, 0) is 30.5 Å². The van der Waals surface area contributed by atoms with Crippen LogP contribution in [0.25, 0.3) is 0 Å². The fourth-order valence-corrected chi connectivity index (χ4v) is 3.40. The van der Waals surface area contributed by atoms with E-state index in [1.54, 1.807) is 11.2 Å². The van der Waals surface area contributed by atoms with Gasteiger partial charge in [-0.15, -0.1) is 11.3 Å². The van der Waals surface area contributed by atoms with E-state index in [0.29, 0.717) is 26.2 Å². The molecule has 2 aromatic rings. The van der Waals surface area contributed by atoms with Gasteiger partial charge in [0.2, 0.25) is 5.91 Å². The molecule has 0 aromatic carbocycles. The second-order valence-electron chi connectivity index (χ2n) is 5.77. The van der Waals surface area contributed by atoms with Gasteiger partial charge in [0.1, 0.15) is 5.76 Å². The molecule has 2 amide bonds. The van der Waals surface area contributed by atoms with Crippen LogP contribution < -0.4 is 5.32 Å². The van der Waals surface area contributed by atoms with Crippen LogP contribution in [-0.2, 0) is 4.79 Å². The van der Waals surface area contributed by atoms with E-state index in [1.165, 1.54) is 11.3 Å². The summed E-state index contributed by atoms with van der Waals surface area (Å²) in [6.45, 7) is 4.54. The monoisotopic (exact) mass is 347 g/mol. The third-order valence-corrected chi connectivity index (χ3v) is 5.04. The van der Waals surface area contributed by atoms with Crippen LogP contribution in [0, 0.1) is 0 Å². The van der Waals surface area contributed by atoms with Gasteiger partial charge in [-0.1, -0.05) is 6.07 Å². The number of nitrogens with zero attached hydrogens (tertiary/aromatic N) is 2. The fourth-order valence-electron chi connectivity index (χ4n) is 2.71. The predicted molar refractivity (Wildman–Crippen MR) is 91.9 cm³/mol. The first-order valence-electron chi connectivity index (χ1n) is 8.02. The highest BCUT2D eigenvalue weighted by atomic mass is 32.1. The lowest BCUT2D eigenvalue weighted by Crippen LogP contribution is -2.52. The lowest BCUT2D eigenvalue weighted by Gasteiger charge is -2.34. The Balaban J connectivity index is 1.44. The second-order valence-corrected chi connectivity index (χ2v) is 6.72. The van der Waals surface area contributed by atoms with Gasteiger partial charge in [-0.2, -0.15) is 0 Å². The van der Waals surface area contributed by atoms with Crippen LogP contribution in [0.4, 0.5) is 0 Å². The Labute approximate surface area is 145 Å². The normalized spacial score (nSPS) is 16.2. The molecule has 0 unspecified atom stereocenters. The van der Waals surface area contributed by atoms with E-state index >= 15 is 0 Å². The van der Waals surface area contributed by atoms with Crippen molar-refractivity contribution in [3.63, 3.8) is 0 Å². The standard InChI is InChI=1S/C17H21N3O3S/c1-13(14-4-2-10-23-14)18-12-16(21)19-6-8-20(9-7-19)17(22)15-5-3-11-24-15/h2-5,10-11,13,18H,6-9,12H2,1H3/t13-/m0/s1. The molecule has 3 rings (SSSR count). The highest BCUT2D eigenvalue weighted by Crippen LogP contribution is 2.14. The van der Waals surface area contributed by atoms with E-state index in [4.69, 9.17) is 4.42 Å². The Morgan fingerprint density at radius 1 is 1.21 bits per heavy atom. The van der Waals surface area contributed by atoms with Crippen LogP contribution in [-0.4, -0.2) is 54.3 Å². The first kappa shape index (κ1) is 16.7. The topological polar surface area (TPSA) is 65.8 Å². The van der Waals surface area contributed by atoms with Gasteiger partial charge in [-0.25, -0.2) is 0 Å². The summed E-state index contributed by atoms with van der Waals surface area (Å²) in [5, 5.41) is 5.08. The molecule has 1 aliphatic heterocycles. The van der Waals surface area contributed by atoms with E-state index in [-0.39, 0.29) is 24.4 Å². The van der Waals surface area contributed by atoms with Crippen LogP contribution in [0.3, 0.4) is 0 Å². The third kappa shape index (κ3) is 3.85. The number of nitrogens with one attached hydrogen (secondary N) is 1. The molecule has 1 atom stereocenters. The average Bonchev–Trinajstić information content (AvgIpc) is 3.32. The Kier molecular flexibility index (Phi) is 5.32. The Morgan fingerprint density at radius 3 is 2.58 bits per heavy atom. The SMILES string of the molecule is C[C@H](NCC(=O)N1CCN(C(=O)c2cccs2)CC1)c1ccco1. The summed E-state index contributed by atoms with van der Waals surface area (Å²) in [5.74, 6) is 0.924. The summed E-state index contributed by atoms with van der Waals surface area (Å²) < 4.78 is 5.32. The maximum absolute atomic E-state index is 12.3. The molecule has 2 aromatic heterocycles. The van der Waals surface area contributed by atoms with Gasteiger partial charge in [0.05, 0.1) is 23.7 Å². The molecule has 0 aliphatic carbocycles. The maximum Gasteiger partial charge on any atom is 0.264 e. The Morgan fingerprint density at radius 2 is 1.96 bits per heavy atom. The molecule has 6 nitrogen and oxygen atoms in total. The molecule has 1 N–H and O–H groups in total. The van der Waals surface area contributed by atoms with Crippen molar-refractivity contribution in [2.24, 2.45) is 0 Å². The van der Waals surface area contributed by atoms with E-state index in [2.05, 4.69) is 5.32 Å². The van der Waals surface area contributed by atoms with Crippen LogP contribution in [0.15, 0.2) is 40.3 Å². The van der Waals surface area contributed by atoms with Crippen LogP contribution in [0.1, 0.15) is 28.4 Å². The van der Waals surface area contributed by atoms with Gasteiger partial charge < -0.3 is 14.2 Å². The van der Waals surface area contributed by atoms with Crippen molar-refractivity contribution in [2.75, 3.05) is 32.7 Å². The van der Waals surface area contributed by atoms with Gasteiger partial charge in [0.15, 0.2) is 0 Å². The van der Waals surface area contributed by atoms with Crippen molar-refractivity contribution in [1.82, 2.24) is 15.1 Å². The van der Waals surface area contributed by atoms with Crippen molar-refractivity contribution in [3.8, 4) is 0 Å². The largest absolute Gasteiger partial charge is 0.468 e. The molecule has 3 heterocycles. The second kappa shape index (κ2) is 7.63. The molecule has 24 heavy (non-hydrogen) atoms. The molecular weight excluding hydrogens is 326 g/mol. The summed E-state index contributed by atoms with van der Waals surface area (Å²) in [4.78, 5) is 29.0. The van der Waals surface area contributed by atoms with Crippen molar-refractivity contribution in [2.45, 2.75) is 13.0 Å². The van der Waals surface area contributed by atoms with Gasteiger partial charge >= 0.3 is 0 Å². The number of furan rings is 1. The molecule has 1 saturated heterocycles. The van der Waals surface area contributed by atoms with Crippen molar-refractivity contribution >= 4 is 23.2 Å². The zero-order valence-corrected chi connectivity index (χ0v) is 14.4. The van der Waals surface area contributed by atoms with Crippen molar-refractivity contribution in [1.29, 1.82) is 0 Å². The van der Waals surface area contributed by atoms with E-state index in [0.717, 1.165) is 10.6 Å². The first-order chi connectivity index (χ1) is 11.6. The van der Waals surface area contributed by atoms with Gasteiger partial charge in [0, 0.05) is 26.2 Å². The smallest absolute Gasteiger partial charge is 0.264 e. The van der Waals surface area contributed by atoms with Crippen LogP contribution >= 0.6 is 11.3 Å². The highest BCUT2D eigenvalue weighted by Gasteiger charge is 2.25. The number of rotatable bonds is 5. The zero-order chi connectivity index (χ0) is 16.9. The summed E-state index contributed by atoms with van der Waals surface area (Å²) in [6, 6.07) is 7.43. The van der Waals surface area contributed by atoms with E-state index in [9.17, 15) is 9.59 Å². The number of piperazine rings is 1. The average molecular weight is 347 g/mol. The Hall–Kier alpha value is -2.12. The van der Waals surface area contributed by atoms with Gasteiger partial charge in [-0.3, -0.25) is 14.9 Å². The molecular formula is C17H21N3O3S. The van der Waals surface area contributed by atoms with Crippen LogP contribution in [0.2, 0.25) is 0 Å². The fraction of sp³-hybridized carbons (Fsp3) is 0.412.